The number of hydrogen-bond acceptors (Lipinski definition) is 2. The molecule has 1 heterocycles. The first kappa shape index (κ1) is 17.2. The zero-order chi connectivity index (χ0) is 18.8. The van der Waals surface area contributed by atoms with Crippen LogP contribution in [0.2, 0.25) is 0 Å². The Labute approximate surface area is 160 Å². The van der Waals surface area contributed by atoms with E-state index in [1.54, 1.807) is 4.90 Å². The van der Waals surface area contributed by atoms with Gasteiger partial charge in [0, 0.05) is 18.2 Å². The van der Waals surface area contributed by atoms with E-state index in [-0.39, 0.29) is 11.9 Å². The van der Waals surface area contributed by atoms with Crippen LogP contribution in [0.1, 0.15) is 34.7 Å². The van der Waals surface area contributed by atoms with E-state index in [1.165, 1.54) is 0 Å². The Morgan fingerprint density at radius 1 is 0.926 bits per heavy atom. The van der Waals surface area contributed by atoms with Crippen molar-refractivity contribution in [2.45, 2.75) is 19.4 Å². The van der Waals surface area contributed by atoms with Crippen LogP contribution < -0.4 is 4.90 Å². The van der Waals surface area contributed by atoms with Crippen molar-refractivity contribution >= 4 is 17.3 Å². The van der Waals surface area contributed by atoms with E-state index >= 15 is 0 Å². The van der Waals surface area contributed by atoms with Crippen molar-refractivity contribution in [1.82, 2.24) is 0 Å². The molecule has 0 bridgehead atoms. The van der Waals surface area contributed by atoms with Gasteiger partial charge in [0.05, 0.1) is 23.9 Å². The highest BCUT2D eigenvalue weighted by molar-refractivity contribution is 6.18. The van der Waals surface area contributed by atoms with Crippen molar-refractivity contribution < 1.29 is 4.79 Å². The molecule has 0 N–H and O–H groups in total. The summed E-state index contributed by atoms with van der Waals surface area (Å²) in [5.74, 6) is 0.0739. The molecule has 1 amide bonds. The molecule has 1 aliphatic heterocycles. The normalized spacial score (nSPS) is 17.0. The SMILES string of the molecule is Cc1ccc2c(c1)C(c1ccccc1)=NC(c1ccccc1)CC(=O)N2C. The number of fused-ring (bicyclic) bond motifs is 1. The quantitative estimate of drug-likeness (QED) is 0.641. The van der Waals surface area contributed by atoms with Gasteiger partial charge in [-0.15, -0.1) is 0 Å². The molecule has 0 spiro atoms. The second-order valence-corrected chi connectivity index (χ2v) is 6.95. The molecule has 1 atom stereocenters. The first-order valence-electron chi connectivity index (χ1n) is 9.19. The molecule has 3 nitrogen and oxygen atoms in total. The number of aliphatic imine (C=N–C) groups is 1. The first-order chi connectivity index (χ1) is 13.1. The molecule has 0 radical (unpaired) electrons. The van der Waals surface area contributed by atoms with Gasteiger partial charge in [-0.3, -0.25) is 9.79 Å². The summed E-state index contributed by atoms with van der Waals surface area (Å²) in [7, 11) is 1.85. The highest BCUT2D eigenvalue weighted by atomic mass is 16.2. The topological polar surface area (TPSA) is 32.7 Å². The van der Waals surface area contributed by atoms with Crippen LogP contribution in [0.5, 0.6) is 0 Å². The van der Waals surface area contributed by atoms with Gasteiger partial charge in [-0.1, -0.05) is 72.3 Å². The number of nitrogens with zero attached hydrogens (tertiary/aromatic N) is 2. The van der Waals surface area contributed by atoms with Crippen LogP contribution in [0, 0.1) is 6.92 Å². The molecule has 1 unspecified atom stereocenters. The fourth-order valence-electron chi connectivity index (χ4n) is 3.53. The summed E-state index contributed by atoms with van der Waals surface area (Å²) in [4.78, 5) is 19.8. The summed E-state index contributed by atoms with van der Waals surface area (Å²) in [6.07, 6.45) is 0.351. The first-order valence-corrected chi connectivity index (χ1v) is 9.19. The number of aryl methyl sites for hydroxylation is 1. The van der Waals surface area contributed by atoms with Gasteiger partial charge in [0.1, 0.15) is 0 Å². The Morgan fingerprint density at radius 3 is 2.30 bits per heavy atom. The molecule has 0 saturated heterocycles. The maximum Gasteiger partial charge on any atom is 0.229 e. The average Bonchev–Trinajstić information content (AvgIpc) is 2.71. The fourth-order valence-corrected chi connectivity index (χ4v) is 3.53. The second-order valence-electron chi connectivity index (χ2n) is 6.95. The summed E-state index contributed by atoms with van der Waals surface area (Å²) in [5, 5.41) is 0. The predicted molar refractivity (Wildman–Crippen MR) is 110 cm³/mol. The Balaban J connectivity index is 1.97. The van der Waals surface area contributed by atoms with Crippen molar-refractivity contribution in [2.24, 2.45) is 4.99 Å². The lowest BCUT2D eigenvalue weighted by Gasteiger charge is -2.27. The zero-order valence-electron chi connectivity index (χ0n) is 15.6. The third-order valence-corrected chi connectivity index (χ3v) is 5.03. The number of rotatable bonds is 2. The molecule has 1 aliphatic rings. The Bertz CT molecular complexity index is 993. The van der Waals surface area contributed by atoms with Crippen LogP contribution >= 0.6 is 0 Å². The highest BCUT2D eigenvalue weighted by Gasteiger charge is 2.26. The average molecular weight is 354 g/mol. The fraction of sp³-hybridized carbons (Fsp3) is 0.167. The third-order valence-electron chi connectivity index (χ3n) is 5.03. The monoisotopic (exact) mass is 354 g/mol. The number of anilines is 1. The largest absolute Gasteiger partial charge is 0.315 e. The smallest absolute Gasteiger partial charge is 0.229 e. The predicted octanol–water partition coefficient (Wildman–Crippen LogP) is 4.94. The summed E-state index contributed by atoms with van der Waals surface area (Å²) in [6, 6.07) is 26.3. The van der Waals surface area contributed by atoms with Crippen molar-refractivity contribution in [3.63, 3.8) is 0 Å². The van der Waals surface area contributed by atoms with Crippen LogP contribution in [0.25, 0.3) is 0 Å². The minimum atomic E-state index is -0.204. The second kappa shape index (κ2) is 7.20. The van der Waals surface area contributed by atoms with Crippen molar-refractivity contribution in [1.29, 1.82) is 0 Å². The number of amides is 1. The lowest BCUT2D eigenvalue weighted by molar-refractivity contribution is -0.118. The molecule has 0 aliphatic carbocycles. The highest BCUT2D eigenvalue weighted by Crippen LogP contribution is 2.32. The van der Waals surface area contributed by atoms with E-state index in [2.05, 4.69) is 25.1 Å². The van der Waals surface area contributed by atoms with E-state index in [0.717, 1.165) is 33.7 Å². The molecule has 27 heavy (non-hydrogen) atoms. The van der Waals surface area contributed by atoms with Crippen LogP contribution in [0.4, 0.5) is 5.69 Å². The molecule has 3 aromatic carbocycles. The maximum absolute atomic E-state index is 12.9. The Hall–Kier alpha value is -3.20. The van der Waals surface area contributed by atoms with Gasteiger partial charge in [-0.05, 0) is 24.6 Å². The van der Waals surface area contributed by atoms with Crippen molar-refractivity contribution in [3.05, 3.63) is 101 Å². The molecular formula is C24H22N2O. The van der Waals surface area contributed by atoms with Gasteiger partial charge >= 0.3 is 0 Å². The zero-order valence-corrected chi connectivity index (χ0v) is 15.6. The molecule has 0 saturated carbocycles. The third kappa shape index (κ3) is 3.41. The van der Waals surface area contributed by atoms with Gasteiger partial charge in [0.2, 0.25) is 5.91 Å². The lowest BCUT2D eigenvalue weighted by Crippen LogP contribution is -2.31. The van der Waals surface area contributed by atoms with Gasteiger partial charge in [-0.25, -0.2) is 0 Å². The van der Waals surface area contributed by atoms with Gasteiger partial charge in [0.15, 0.2) is 0 Å². The number of carbonyl (C=O) groups excluding carboxylic acids is 1. The van der Waals surface area contributed by atoms with E-state index < -0.39 is 0 Å². The number of benzene rings is 3. The molecule has 3 aromatic rings. The van der Waals surface area contributed by atoms with Crippen molar-refractivity contribution in [2.75, 3.05) is 11.9 Å². The number of hydrogen-bond donors (Lipinski definition) is 0. The van der Waals surface area contributed by atoms with E-state index in [1.807, 2.05) is 67.7 Å². The van der Waals surface area contributed by atoms with Crippen LogP contribution in [-0.2, 0) is 4.79 Å². The Kier molecular flexibility index (Phi) is 4.59. The van der Waals surface area contributed by atoms with Gasteiger partial charge < -0.3 is 4.90 Å². The minimum Gasteiger partial charge on any atom is -0.315 e. The molecule has 0 aromatic heterocycles. The van der Waals surface area contributed by atoms with E-state index in [9.17, 15) is 4.79 Å². The van der Waals surface area contributed by atoms with E-state index in [4.69, 9.17) is 4.99 Å². The van der Waals surface area contributed by atoms with Crippen LogP contribution in [-0.4, -0.2) is 18.7 Å². The molecule has 3 heteroatoms. The summed E-state index contributed by atoms with van der Waals surface area (Å²) >= 11 is 0. The molecular weight excluding hydrogens is 332 g/mol. The van der Waals surface area contributed by atoms with Crippen LogP contribution in [0.15, 0.2) is 83.9 Å². The lowest BCUT2D eigenvalue weighted by atomic mass is 9.94. The summed E-state index contributed by atoms with van der Waals surface area (Å²) in [5.41, 5.74) is 6.10. The van der Waals surface area contributed by atoms with Gasteiger partial charge in [0.25, 0.3) is 0 Å². The summed E-state index contributed by atoms with van der Waals surface area (Å²) < 4.78 is 0. The molecule has 0 fully saturated rings. The standard InChI is InChI=1S/C24H22N2O/c1-17-13-14-22-20(15-17)24(19-11-7-4-8-12-19)25-21(16-23(27)26(22)2)18-9-5-3-6-10-18/h3-15,21H,16H2,1-2H3. The van der Waals surface area contributed by atoms with Crippen molar-refractivity contribution in [3.8, 4) is 0 Å². The van der Waals surface area contributed by atoms with E-state index in [0.29, 0.717) is 6.42 Å². The summed E-state index contributed by atoms with van der Waals surface area (Å²) in [6.45, 7) is 2.07. The van der Waals surface area contributed by atoms with Gasteiger partial charge in [-0.2, -0.15) is 0 Å². The Morgan fingerprint density at radius 2 is 1.59 bits per heavy atom. The van der Waals surface area contributed by atoms with Crippen LogP contribution in [0.3, 0.4) is 0 Å². The molecule has 4 rings (SSSR count). The minimum absolute atomic E-state index is 0.0739. The maximum atomic E-state index is 12.9. The number of carbonyl (C=O) groups is 1. The molecule has 134 valence electrons.